The van der Waals surface area contributed by atoms with Crippen LogP contribution in [-0.2, 0) is 29.6 Å². The first-order valence-corrected chi connectivity index (χ1v) is 18.5. The molecule has 5 atom stereocenters. The lowest BCUT2D eigenvalue weighted by atomic mass is 9.97. The number of amides is 2. The quantitative estimate of drug-likeness (QED) is 0.161. The topological polar surface area (TPSA) is 154 Å². The monoisotopic (exact) mass is 778 g/mol. The second-order valence-corrected chi connectivity index (χ2v) is 15.3. The molecule has 2 amide bonds. The van der Waals surface area contributed by atoms with E-state index in [1.165, 1.54) is 29.2 Å². The van der Waals surface area contributed by atoms with E-state index in [2.05, 4.69) is 30.6 Å². The summed E-state index contributed by atoms with van der Waals surface area (Å²) < 4.78 is 58.1. The minimum atomic E-state index is -3.02. The second kappa shape index (κ2) is 13.4. The Balaban J connectivity index is 1.00. The van der Waals surface area contributed by atoms with Crippen LogP contribution in [0.4, 0.5) is 29.2 Å². The molecule has 12 nitrogen and oxygen atoms in total. The molecule has 0 saturated heterocycles. The Labute approximate surface area is 321 Å². The number of alkyl halides is 3. The van der Waals surface area contributed by atoms with Gasteiger partial charge in [0.25, 0.3) is 17.0 Å². The average molecular weight is 779 g/mol. The number of rotatable bonds is 10. The highest BCUT2D eigenvalue weighted by Gasteiger charge is 2.61. The summed E-state index contributed by atoms with van der Waals surface area (Å²) in [5.41, 5.74) is 2.97. The lowest BCUT2D eigenvalue weighted by Gasteiger charge is -2.16. The highest BCUT2D eigenvalue weighted by Crippen LogP contribution is 2.49. The number of carbonyl (C=O) groups excluding carboxylic acids is 2. The molecular formula is C41H34F4N8O4. The summed E-state index contributed by atoms with van der Waals surface area (Å²) in [6.45, 7) is 1.87. The number of aryl methyl sites for hydroxylation is 1. The number of anilines is 2. The van der Waals surface area contributed by atoms with Gasteiger partial charge in [0.15, 0.2) is 0 Å². The Morgan fingerprint density at radius 3 is 2.14 bits per heavy atom. The lowest BCUT2D eigenvalue weighted by molar-refractivity contribution is -0.119. The molecule has 0 aliphatic heterocycles. The molecule has 3 fully saturated rings. The van der Waals surface area contributed by atoms with Gasteiger partial charge in [0, 0.05) is 96.2 Å². The Morgan fingerprint density at radius 2 is 1.46 bits per heavy atom. The highest BCUT2D eigenvalue weighted by molar-refractivity contribution is 5.97. The standard InChI is InChI=1S/C41H34F4N8O4/c1-19-28(15-47-17-32(19)43)25-8-23-14-49-36(50-37(54)27-9-31(27)42)11-34(23)53(40(25)57)18-24-6-21(24)5-20-3-4-46-16-29(20)26-7-22-13-48-35(10-33(22)52(2)39(26)56)51-38(55)30-12-41(30,44)45/h3-4,7-8,10-11,13-17,21,24,27,30-31H,5-6,9,12,18H2,1-2H3,(H,48,51,55)(H,49,50,54)/t21?,24?,27-,30-,31-/m1/s1. The molecule has 6 heterocycles. The predicted molar refractivity (Wildman–Crippen MR) is 203 cm³/mol. The van der Waals surface area contributed by atoms with E-state index in [4.69, 9.17) is 0 Å². The van der Waals surface area contributed by atoms with Crippen molar-refractivity contribution in [2.24, 2.45) is 30.7 Å². The number of fused-ring (bicyclic) bond motifs is 2. The third kappa shape index (κ3) is 6.72. The van der Waals surface area contributed by atoms with Crippen molar-refractivity contribution in [2.75, 3.05) is 10.6 Å². The van der Waals surface area contributed by atoms with E-state index in [0.29, 0.717) is 51.5 Å². The van der Waals surface area contributed by atoms with Crippen LogP contribution in [0.2, 0.25) is 0 Å². The summed E-state index contributed by atoms with van der Waals surface area (Å²) in [7, 11) is 1.58. The zero-order chi connectivity index (χ0) is 39.9. The maximum absolute atomic E-state index is 14.6. The van der Waals surface area contributed by atoms with Crippen molar-refractivity contribution < 1.29 is 27.2 Å². The van der Waals surface area contributed by atoms with Gasteiger partial charge in [-0.15, -0.1) is 0 Å². The predicted octanol–water partition coefficient (Wildman–Crippen LogP) is 5.98. The van der Waals surface area contributed by atoms with Gasteiger partial charge in [-0.25, -0.2) is 27.5 Å². The number of hydrogen-bond donors (Lipinski definition) is 2. The molecular weight excluding hydrogens is 744 g/mol. The number of nitrogens with zero attached hydrogens (tertiary/aromatic N) is 6. The molecule has 16 heteroatoms. The van der Waals surface area contributed by atoms with Crippen molar-refractivity contribution in [3.63, 3.8) is 0 Å². The van der Waals surface area contributed by atoms with Gasteiger partial charge in [-0.05, 0) is 67.3 Å². The zero-order valence-electron chi connectivity index (χ0n) is 30.6. The molecule has 3 saturated carbocycles. The summed E-state index contributed by atoms with van der Waals surface area (Å²) in [5.74, 6) is -6.62. The van der Waals surface area contributed by atoms with Crippen LogP contribution in [0.25, 0.3) is 44.1 Å². The van der Waals surface area contributed by atoms with Gasteiger partial charge >= 0.3 is 0 Å². The lowest BCUT2D eigenvalue weighted by Crippen LogP contribution is -2.24. The molecule has 2 unspecified atom stereocenters. The number of pyridine rings is 6. The number of nitrogens with one attached hydrogen (secondary N) is 2. The van der Waals surface area contributed by atoms with Crippen LogP contribution in [0, 0.1) is 36.4 Å². The van der Waals surface area contributed by atoms with E-state index < -0.39 is 48.0 Å². The van der Waals surface area contributed by atoms with E-state index in [0.717, 1.165) is 18.2 Å². The minimum absolute atomic E-state index is 0.0340. The molecule has 2 N–H and O–H groups in total. The second-order valence-electron chi connectivity index (χ2n) is 15.3. The van der Waals surface area contributed by atoms with E-state index in [-0.39, 0.29) is 52.1 Å². The maximum Gasteiger partial charge on any atom is 0.260 e. The Kier molecular flexibility index (Phi) is 8.55. The van der Waals surface area contributed by atoms with Crippen LogP contribution in [0.5, 0.6) is 0 Å². The Morgan fingerprint density at radius 1 is 0.825 bits per heavy atom. The fourth-order valence-corrected chi connectivity index (χ4v) is 7.62. The SMILES string of the molecule is Cc1c(F)cncc1-c1cc2cnc(NC(=O)[C@@H]3C[C@H]3F)cc2n(CC2CC2Cc2ccncc2-c2cc3cnc(NC(=O)[C@H]4CC4(F)F)cc3n(C)c2=O)c1=O. The van der Waals surface area contributed by atoms with Gasteiger partial charge in [-0.1, -0.05) is 0 Å². The van der Waals surface area contributed by atoms with E-state index in [9.17, 15) is 36.7 Å². The van der Waals surface area contributed by atoms with Crippen LogP contribution in [0.15, 0.2) is 77.1 Å². The van der Waals surface area contributed by atoms with Gasteiger partial charge in [0.05, 0.1) is 23.1 Å². The number of hydrogen-bond acceptors (Lipinski definition) is 8. The number of aromatic nitrogens is 6. The maximum atomic E-state index is 14.6. The first-order valence-electron chi connectivity index (χ1n) is 18.5. The Bertz CT molecular complexity index is 2810. The first-order chi connectivity index (χ1) is 27.3. The van der Waals surface area contributed by atoms with E-state index in [1.807, 2.05) is 6.07 Å². The van der Waals surface area contributed by atoms with Gasteiger partial charge in [-0.3, -0.25) is 29.1 Å². The number of carbonyl (C=O) groups is 2. The summed E-state index contributed by atoms with van der Waals surface area (Å²) >= 11 is 0. The van der Waals surface area contributed by atoms with Crippen molar-refractivity contribution in [1.82, 2.24) is 29.1 Å². The van der Waals surface area contributed by atoms with Crippen molar-refractivity contribution in [3.05, 3.63) is 105 Å². The molecule has 6 aromatic heterocycles. The molecule has 0 radical (unpaired) electrons. The molecule has 0 spiro atoms. The van der Waals surface area contributed by atoms with E-state index in [1.54, 1.807) is 49.1 Å². The van der Waals surface area contributed by atoms with Crippen molar-refractivity contribution in [3.8, 4) is 22.3 Å². The summed E-state index contributed by atoms with van der Waals surface area (Å²) in [5, 5.41) is 6.25. The van der Waals surface area contributed by atoms with Crippen LogP contribution in [0.1, 0.15) is 30.4 Å². The van der Waals surface area contributed by atoms with Gasteiger partial charge < -0.3 is 19.8 Å². The fraction of sp³-hybridized carbons (Fsp3) is 0.317. The molecule has 0 aromatic carbocycles. The Hall–Kier alpha value is -6.32. The summed E-state index contributed by atoms with van der Waals surface area (Å²) in [6.07, 6.45) is 8.57. The van der Waals surface area contributed by atoms with Crippen LogP contribution in [0.3, 0.4) is 0 Å². The van der Waals surface area contributed by atoms with Gasteiger partial charge in [0.1, 0.15) is 29.5 Å². The van der Waals surface area contributed by atoms with Crippen LogP contribution in [-0.4, -0.2) is 53.0 Å². The zero-order valence-corrected chi connectivity index (χ0v) is 30.6. The molecule has 9 rings (SSSR count). The first kappa shape index (κ1) is 36.3. The van der Waals surface area contributed by atoms with Crippen LogP contribution >= 0.6 is 0 Å². The normalized spacial score (nSPS) is 21.7. The summed E-state index contributed by atoms with van der Waals surface area (Å²) in [6, 6.07) is 8.25. The minimum Gasteiger partial charge on any atom is -0.311 e. The van der Waals surface area contributed by atoms with E-state index >= 15 is 0 Å². The van der Waals surface area contributed by atoms with Gasteiger partial charge in [-0.2, -0.15) is 0 Å². The van der Waals surface area contributed by atoms with Crippen molar-refractivity contribution >= 4 is 45.3 Å². The number of halogens is 4. The summed E-state index contributed by atoms with van der Waals surface area (Å²) in [4.78, 5) is 69.8. The molecule has 3 aliphatic carbocycles. The van der Waals surface area contributed by atoms with Crippen LogP contribution < -0.4 is 21.8 Å². The molecule has 6 aromatic rings. The third-order valence-electron chi connectivity index (χ3n) is 11.4. The molecule has 0 bridgehead atoms. The molecule has 57 heavy (non-hydrogen) atoms. The van der Waals surface area contributed by atoms with Crippen molar-refractivity contribution in [1.29, 1.82) is 0 Å². The molecule has 290 valence electrons. The average Bonchev–Trinajstić information content (AvgIpc) is 4.15. The van der Waals surface area contributed by atoms with Crippen molar-refractivity contribution in [2.45, 2.75) is 51.2 Å². The molecule has 3 aliphatic rings. The highest BCUT2D eigenvalue weighted by atomic mass is 19.3. The fourth-order valence-electron chi connectivity index (χ4n) is 7.62. The smallest absolute Gasteiger partial charge is 0.260 e. The largest absolute Gasteiger partial charge is 0.311 e. The third-order valence-corrected chi connectivity index (χ3v) is 11.4. The van der Waals surface area contributed by atoms with Gasteiger partial charge in [0.2, 0.25) is 11.8 Å².